The molecule has 0 bridgehead atoms. The number of anilines is 1. The molecule has 0 radical (unpaired) electrons. The van der Waals surface area contributed by atoms with Gasteiger partial charge in [0, 0.05) is 12.1 Å². The lowest BCUT2D eigenvalue weighted by atomic mass is 9.95. The van der Waals surface area contributed by atoms with Crippen LogP contribution in [0.3, 0.4) is 0 Å². The van der Waals surface area contributed by atoms with E-state index < -0.39 is 46.5 Å². The van der Waals surface area contributed by atoms with E-state index in [1.165, 1.54) is 0 Å². The second-order valence-electron chi connectivity index (χ2n) is 5.62. The summed E-state index contributed by atoms with van der Waals surface area (Å²) in [7, 11) is 0. The Kier molecular flexibility index (Phi) is 5.96. The third-order valence-corrected chi connectivity index (χ3v) is 3.74. The minimum absolute atomic E-state index is 0.329. The third kappa shape index (κ3) is 5.04. The maximum atomic E-state index is 13.0. The fourth-order valence-electron chi connectivity index (χ4n) is 2.44. The summed E-state index contributed by atoms with van der Waals surface area (Å²) < 4.78 is 43.9. The first-order chi connectivity index (χ1) is 12.2. The van der Waals surface area contributed by atoms with Gasteiger partial charge in [0.2, 0.25) is 0 Å². The fraction of sp³-hybridized carbons (Fsp3) is 0.375. The lowest BCUT2D eigenvalue weighted by molar-refractivity contribution is -0.385. The summed E-state index contributed by atoms with van der Waals surface area (Å²) in [4.78, 5) is 33.3. The lowest BCUT2D eigenvalue weighted by Crippen LogP contribution is -2.26. The van der Waals surface area contributed by atoms with Gasteiger partial charge in [0.1, 0.15) is 0 Å². The zero-order valence-electron chi connectivity index (χ0n) is 13.4. The van der Waals surface area contributed by atoms with Crippen LogP contribution >= 0.6 is 0 Å². The Morgan fingerprint density at radius 1 is 1.31 bits per heavy atom. The first-order valence-electron chi connectivity index (χ1n) is 7.65. The number of nitrogens with one attached hydrogen (secondary N) is 1. The van der Waals surface area contributed by atoms with Gasteiger partial charge in [-0.15, -0.1) is 0 Å². The fourth-order valence-corrected chi connectivity index (χ4v) is 2.44. The summed E-state index contributed by atoms with van der Waals surface area (Å²) in [6.07, 6.45) is 0.619. The van der Waals surface area contributed by atoms with Crippen molar-refractivity contribution in [3.05, 3.63) is 46.0 Å². The molecule has 2 rings (SSSR count). The topological polar surface area (TPSA) is 98.5 Å². The van der Waals surface area contributed by atoms with Crippen molar-refractivity contribution in [3.8, 4) is 0 Å². The average Bonchev–Trinajstić information content (AvgIpc) is 2.59. The SMILES string of the molecule is O=C(COC(=O)[C@H]1CC=CCC1)Nc1ccc([N+](=O)[O-])cc1C(F)(F)F. The van der Waals surface area contributed by atoms with Crippen molar-refractivity contribution in [1.82, 2.24) is 0 Å². The quantitative estimate of drug-likeness (QED) is 0.369. The van der Waals surface area contributed by atoms with Gasteiger partial charge < -0.3 is 10.1 Å². The molecule has 0 aliphatic heterocycles. The number of non-ortho nitro benzene ring substituents is 1. The molecule has 0 spiro atoms. The molecule has 0 fully saturated rings. The van der Waals surface area contributed by atoms with Gasteiger partial charge in [-0.2, -0.15) is 13.2 Å². The predicted molar refractivity (Wildman–Crippen MR) is 84.2 cm³/mol. The molecule has 1 aromatic carbocycles. The first-order valence-corrected chi connectivity index (χ1v) is 7.65. The standard InChI is InChI=1S/C16H15F3N2O5/c17-16(18,19)12-8-11(21(24)25)6-7-13(12)20-14(22)9-26-15(23)10-4-2-1-3-5-10/h1-2,6-8,10H,3-5,9H2,(H,20,22)/t10-/m0/s1. The van der Waals surface area contributed by atoms with Gasteiger partial charge in [-0.3, -0.25) is 19.7 Å². The zero-order valence-corrected chi connectivity index (χ0v) is 13.4. The van der Waals surface area contributed by atoms with E-state index in [2.05, 4.69) is 0 Å². The maximum absolute atomic E-state index is 13.0. The molecule has 1 aromatic rings. The molecule has 26 heavy (non-hydrogen) atoms. The number of nitro benzene ring substituents is 1. The van der Waals surface area contributed by atoms with Crippen LogP contribution in [0.15, 0.2) is 30.4 Å². The number of esters is 1. The Morgan fingerprint density at radius 3 is 2.62 bits per heavy atom. The highest BCUT2D eigenvalue weighted by Gasteiger charge is 2.35. The van der Waals surface area contributed by atoms with Crippen LogP contribution in [-0.2, 0) is 20.5 Å². The van der Waals surface area contributed by atoms with Crippen molar-refractivity contribution >= 4 is 23.3 Å². The number of hydrogen-bond acceptors (Lipinski definition) is 5. The first kappa shape index (κ1) is 19.4. The van der Waals surface area contributed by atoms with Crippen LogP contribution in [0, 0.1) is 16.0 Å². The predicted octanol–water partition coefficient (Wildman–Crippen LogP) is 3.45. The molecule has 1 aliphatic carbocycles. The summed E-state index contributed by atoms with van der Waals surface area (Å²) in [6, 6.07) is 1.95. The summed E-state index contributed by atoms with van der Waals surface area (Å²) >= 11 is 0. The van der Waals surface area contributed by atoms with Gasteiger partial charge in [0.15, 0.2) is 6.61 Å². The van der Waals surface area contributed by atoms with E-state index in [1.807, 2.05) is 17.5 Å². The van der Waals surface area contributed by atoms with E-state index in [1.54, 1.807) is 0 Å². The van der Waals surface area contributed by atoms with Crippen LogP contribution in [0.5, 0.6) is 0 Å². The summed E-state index contributed by atoms with van der Waals surface area (Å²) in [5, 5.41) is 12.6. The average molecular weight is 372 g/mol. The number of carbonyl (C=O) groups is 2. The summed E-state index contributed by atoms with van der Waals surface area (Å²) in [5.74, 6) is -1.94. The third-order valence-electron chi connectivity index (χ3n) is 3.74. The number of benzene rings is 1. The van der Waals surface area contributed by atoms with Crippen molar-refractivity contribution in [2.45, 2.75) is 25.4 Å². The van der Waals surface area contributed by atoms with E-state index in [9.17, 15) is 32.9 Å². The van der Waals surface area contributed by atoms with Crippen LogP contribution in [0.4, 0.5) is 24.5 Å². The largest absolute Gasteiger partial charge is 0.455 e. The van der Waals surface area contributed by atoms with Gasteiger partial charge in [0.05, 0.1) is 22.1 Å². The maximum Gasteiger partial charge on any atom is 0.418 e. The Hall–Kier alpha value is -2.91. The van der Waals surface area contributed by atoms with Crippen molar-refractivity contribution in [2.24, 2.45) is 5.92 Å². The Labute approximate surface area is 146 Å². The van der Waals surface area contributed by atoms with Crippen LogP contribution in [0.1, 0.15) is 24.8 Å². The highest BCUT2D eigenvalue weighted by molar-refractivity contribution is 5.93. The van der Waals surface area contributed by atoms with Crippen LogP contribution in [-0.4, -0.2) is 23.4 Å². The summed E-state index contributed by atoms with van der Waals surface area (Å²) in [5.41, 5.74) is -2.76. The molecule has 0 aromatic heterocycles. The number of rotatable bonds is 5. The molecule has 1 amide bonds. The van der Waals surface area contributed by atoms with E-state index in [4.69, 9.17) is 4.74 Å². The zero-order chi connectivity index (χ0) is 19.3. The molecule has 140 valence electrons. The molecular formula is C16H15F3N2O5. The molecule has 10 heteroatoms. The monoisotopic (exact) mass is 372 g/mol. The normalized spacial score (nSPS) is 16.8. The van der Waals surface area contributed by atoms with Gasteiger partial charge in [-0.1, -0.05) is 12.2 Å². The number of hydrogen-bond donors (Lipinski definition) is 1. The molecule has 1 aliphatic rings. The number of amides is 1. The number of carbonyl (C=O) groups excluding carboxylic acids is 2. The highest BCUT2D eigenvalue weighted by Crippen LogP contribution is 2.37. The Bertz CT molecular complexity index is 746. The van der Waals surface area contributed by atoms with Gasteiger partial charge in [-0.25, -0.2) is 0 Å². The molecule has 0 heterocycles. The second-order valence-corrected chi connectivity index (χ2v) is 5.62. The number of ether oxygens (including phenoxy) is 1. The molecule has 1 atom stereocenters. The van der Waals surface area contributed by atoms with Gasteiger partial charge >= 0.3 is 12.1 Å². The Balaban J connectivity index is 2.02. The second kappa shape index (κ2) is 7.98. The van der Waals surface area contributed by atoms with E-state index in [0.29, 0.717) is 25.3 Å². The van der Waals surface area contributed by atoms with E-state index >= 15 is 0 Å². The lowest BCUT2D eigenvalue weighted by Gasteiger charge is -2.17. The number of halogens is 3. The molecule has 0 saturated carbocycles. The highest BCUT2D eigenvalue weighted by atomic mass is 19.4. The number of allylic oxidation sites excluding steroid dienone is 2. The molecule has 7 nitrogen and oxygen atoms in total. The molecule has 0 unspecified atom stereocenters. The van der Waals surface area contributed by atoms with Crippen molar-refractivity contribution in [1.29, 1.82) is 0 Å². The number of alkyl halides is 3. The van der Waals surface area contributed by atoms with E-state index in [-0.39, 0.29) is 5.92 Å². The van der Waals surface area contributed by atoms with Gasteiger partial charge in [-0.05, 0) is 25.3 Å². The van der Waals surface area contributed by atoms with E-state index in [0.717, 1.165) is 12.1 Å². The summed E-state index contributed by atoms with van der Waals surface area (Å²) in [6.45, 7) is -0.743. The number of nitro groups is 1. The smallest absolute Gasteiger partial charge is 0.418 e. The molecular weight excluding hydrogens is 357 g/mol. The molecule has 0 saturated heterocycles. The van der Waals surface area contributed by atoms with Crippen molar-refractivity contribution in [3.63, 3.8) is 0 Å². The Morgan fingerprint density at radius 2 is 2.04 bits per heavy atom. The van der Waals surface area contributed by atoms with Crippen molar-refractivity contribution < 1.29 is 32.4 Å². The van der Waals surface area contributed by atoms with Crippen LogP contribution < -0.4 is 5.32 Å². The van der Waals surface area contributed by atoms with Crippen molar-refractivity contribution in [2.75, 3.05) is 11.9 Å². The van der Waals surface area contributed by atoms with Gasteiger partial charge in [0.25, 0.3) is 11.6 Å². The minimum Gasteiger partial charge on any atom is -0.455 e. The van der Waals surface area contributed by atoms with Crippen LogP contribution in [0.25, 0.3) is 0 Å². The minimum atomic E-state index is -4.90. The number of nitrogens with zero attached hydrogens (tertiary/aromatic N) is 1. The van der Waals surface area contributed by atoms with Crippen LogP contribution in [0.2, 0.25) is 0 Å². The molecule has 1 N–H and O–H groups in total.